The number of nitrogens with one attached hydrogen (secondary N) is 1. The van der Waals surface area contributed by atoms with Crippen molar-refractivity contribution in [1.29, 1.82) is 0 Å². The molecule has 0 amide bonds. The third-order valence-electron chi connectivity index (χ3n) is 2.98. The smallest absolute Gasteiger partial charge is 0.244 e. The molecule has 104 valence electrons. The van der Waals surface area contributed by atoms with Gasteiger partial charge in [0.25, 0.3) is 0 Å². The van der Waals surface area contributed by atoms with Crippen molar-refractivity contribution in [3.8, 4) is 0 Å². The highest BCUT2D eigenvalue weighted by Gasteiger charge is 2.24. The van der Waals surface area contributed by atoms with Gasteiger partial charge < -0.3 is 10.7 Å². The van der Waals surface area contributed by atoms with Gasteiger partial charge in [-0.1, -0.05) is 13.8 Å². The molecule has 0 unspecified atom stereocenters. The van der Waals surface area contributed by atoms with Crippen molar-refractivity contribution in [3.05, 3.63) is 24.4 Å². The Morgan fingerprint density at radius 1 is 1.37 bits per heavy atom. The van der Waals surface area contributed by atoms with Crippen LogP contribution in [-0.2, 0) is 10.0 Å². The van der Waals surface area contributed by atoms with E-state index in [9.17, 15) is 8.42 Å². The first-order valence-corrected chi connectivity index (χ1v) is 7.59. The summed E-state index contributed by atoms with van der Waals surface area (Å²) in [6.07, 6.45) is 1.52. The zero-order chi connectivity index (χ0) is 14.2. The molecule has 6 heteroatoms. The number of fused-ring (bicyclic) bond motifs is 1. The highest BCUT2D eigenvalue weighted by Crippen LogP contribution is 2.27. The second-order valence-electron chi connectivity index (χ2n) is 5.14. The van der Waals surface area contributed by atoms with E-state index in [2.05, 4.69) is 4.98 Å². The predicted octanol–water partition coefficient (Wildman–Crippen LogP) is 2.03. The molecular formula is C13H19N3O2S. The molecule has 0 atom stereocenters. The molecule has 0 bridgehead atoms. The molecule has 3 N–H and O–H groups in total. The van der Waals surface area contributed by atoms with Crippen LogP contribution < -0.4 is 5.73 Å². The first-order chi connectivity index (χ1) is 8.82. The second-order valence-corrected chi connectivity index (χ2v) is 7.15. The zero-order valence-electron chi connectivity index (χ0n) is 11.3. The molecule has 2 aromatic rings. The lowest BCUT2D eigenvalue weighted by Crippen LogP contribution is -2.30. The maximum atomic E-state index is 12.5. The van der Waals surface area contributed by atoms with Gasteiger partial charge in [-0.15, -0.1) is 0 Å². The fourth-order valence-electron chi connectivity index (χ4n) is 2.11. The van der Waals surface area contributed by atoms with Crippen LogP contribution in [0.5, 0.6) is 0 Å². The lowest BCUT2D eigenvalue weighted by molar-refractivity contribution is 0.417. The molecule has 0 fully saturated rings. The van der Waals surface area contributed by atoms with Gasteiger partial charge in [-0.2, -0.15) is 0 Å². The van der Waals surface area contributed by atoms with Crippen LogP contribution in [-0.4, -0.2) is 31.3 Å². The summed E-state index contributed by atoms with van der Waals surface area (Å²) >= 11 is 0. The Morgan fingerprint density at radius 2 is 2.05 bits per heavy atom. The topological polar surface area (TPSA) is 79.2 Å². The molecule has 0 spiro atoms. The van der Waals surface area contributed by atoms with Crippen LogP contribution in [0.25, 0.3) is 10.9 Å². The van der Waals surface area contributed by atoms with E-state index in [1.165, 1.54) is 10.5 Å². The Bertz CT molecular complexity index is 689. The van der Waals surface area contributed by atoms with Gasteiger partial charge in [0.1, 0.15) is 4.90 Å². The molecule has 1 aromatic heterocycles. The van der Waals surface area contributed by atoms with Crippen LogP contribution in [0.4, 0.5) is 5.69 Å². The number of aromatic nitrogens is 1. The van der Waals surface area contributed by atoms with Crippen LogP contribution in [0.3, 0.4) is 0 Å². The summed E-state index contributed by atoms with van der Waals surface area (Å²) in [6.45, 7) is 4.45. The lowest BCUT2D eigenvalue weighted by atomic mass is 10.2. The molecule has 0 aliphatic heterocycles. The van der Waals surface area contributed by atoms with E-state index >= 15 is 0 Å². The Labute approximate surface area is 113 Å². The minimum atomic E-state index is -3.49. The van der Waals surface area contributed by atoms with Gasteiger partial charge in [0.15, 0.2) is 0 Å². The number of sulfonamides is 1. The Balaban J connectivity index is 2.51. The molecule has 0 saturated heterocycles. The fourth-order valence-corrected chi connectivity index (χ4v) is 3.59. The first kappa shape index (κ1) is 13.9. The van der Waals surface area contributed by atoms with Gasteiger partial charge in [-0.25, -0.2) is 12.7 Å². The van der Waals surface area contributed by atoms with Crippen molar-refractivity contribution < 1.29 is 8.42 Å². The SMILES string of the molecule is CC(C)CN(C)S(=O)(=O)c1c[nH]c2ccc(N)cc12. The first-order valence-electron chi connectivity index (χ1n) is 6.15. The van der Waals surface area contributed by atoms with E-state index in [0.29, 0.717) is 17.6 Å². The monoisotopic (exact) mass is 281 g/mol. The number of nitrogen functional groups attached to an aromatic ring is 1. The molecule has 19 heavy (non-hydrogen) atoms. The molecule has 1 aromatic carbocycles. The van der Waals surface area contributed by atoms with Crippen LogP contribution in [0.2, 0.25) is 0 Å². The number of benzene rings is 1. The van der Waals surface area contributed by atoms with Crippen molar-refractivity contribution in [1.82, 2.24) is 9.29 Å². The summed E-state index contributed by atoms with van der Waals surface area (Å²) in [5.74, 6) is 0.273. The number of anilines is 1. The van der Waals surface area contributed by atoms with E-state index in [1.807, 2.05) is 13.8 Å². The molecule has 0 aliphatic rings. The maximum absolute atomic E-state index is 12.5. The number of aromatic amines is 1. The van der Waals surface area contributed by atoms with E-state index in [4.69, 9.17) is 5.73 Å². The van der Waals surface area contributed by atoms with Crippen LogP contribution in [0.15, 0.2) is 29.3 Å². The number of H-pyrrole nitrogens is 1. The van der Waals surface area contributed by atoms with E-state index < -0.39 is 10.0 Å². The standard InChI is InChI=1S/C13H19N3O2S/c1-9(2)8-16(3)19(17,18)13-7-15-12-5-4-10(14)6-11(12)13/h4-7,9,15H,8,14H2,1-3H3. The summed E-state index contributed by atoms with van der Waals surface area (Å²) in [4.78, 5) is 3.24. The lowest BCUT2D eigenvalue weighted by Gasteiger charge is -2.18. The van der Waals surface area contributed by atoms with Crippen LogP contribution in [0, 0.1) is 5.92 Å². The van der Waals surface area contributed by atoms with Gasteiger partial charge in [0.05, 0.1) is 0 Å². The van der Waals surface area contributed by atoms with Gasteiger partial charge in [-0.05, 0) is 24.1 Å². The fraction of sp³-hybridized carbons (Fsp3) is 0.385. The summed E-state index contributed by atoms with van der Waals surface area (Å²) in [5, 5.41) is 0.635. The number of hydrogen-bond acceptors (Lipinski definition) is 3. The summed E-state index contributed by atoms with van der Waals surface area (Å²) in [5.41, 5.74) is 7.05. The average molecular weight is 281 g/mol. The van der Waals surface area contributed by atoms with Crippen molar-refractivity contribution in [2.75, 3.05) is 19.3 Å². The molecule has 5 nitrogen and oxygen atoms in total. The molecule has 2 rings (SSSR count). The van der Waals surface area contributed by atoms with Crippen LogP contribution >= 0.6 is 0 Å². The Morgan fingerprint density at radius 3 is 2.68 bits per heavy atom. The number of hydrogen-bond donors (Lipinski definition) is 2. The minimum Gasteiger partial charge on any atom is -0.399 e. The molecule has 0 aliphatic carbocycles. The summed E-state index contributed by atoms with van der Waals surface area (Å²) in [6, 6.07) is 5.21. The minimum absolute atomic E-state index is 0.273. The predicted molar refractivity (Wildman–Crippen MR) is 77.4 cm³/mol. The van der Waals surface area contributed by atoms with Gasteiger partial charge in [0, 0.05) is 36.4 Å². The Hall–Kier alpha value is -1.53. The molecule has 0 radical (unpaired) electrons. The van der Waals surface area contributed by atoms with Crippen molar-refractivity contribution in [2.45, 2.75) is 18.7 Å². The third-order valence-corrected chi connectivity index (χ3v) is 4.84. The molecule has 0 saturated carbocycles. The molecular weight excluding hydrogens is 262 g/mol. The van der Waals surface area contributed by atoms with E-state index in [0.717, 1.165) is 5.52 Å². The second kappa shape index (κ2) is 4.86. The van der Waals surface area contributed by atoms with Gasteiger partial charge >= 0.3 is 0 Å². The van der Waals surface area contributed by atoms with Gasteiger partial charge in [0.2, 0.25) is 10.0 Å². The number of nitrogens with zero attached hydrogens (tertiary/aromatic N) is 1. The maximum Gasteiger partial charge on any atom is 0.244 e. The van der Waals surface area contributed by atoms with Crippen LogP contribution in [0.1, 0.15) is 13.8 Å². The Kier molecular flexibility index (Phi) is 3.56. The zero-order valence-corrected chi connectivity index (χ0v) is 12.2. The van der Waals surface area contributed by atoms with Crippen molar-refractivity contribution >= 4 is 26.6 Å². The quantitative estimate of drug-likeness (QED) is 0.842. The normalized spacial score (nSPS) is 12.7. The number of nitrogens with two attached hydrogens (primary N) is 1. The third kappa shape index (κ3) is 2.59. The largest absolute Gasteiger partial charge is 0.399 e. The highest BCUT2D eigenvalue weighted by atomic mass is 32.2. The summed E-state index contributed by atoms with van der Waals surface area (Å²) in [7, 11) is -1.89. The van der Waals surface area contributed by atoms with Gasteiger partial charge in [-0.3, -0.25) is 0 Å². The average Bonchev–Trinajstić information content (AvgIpc) is 2.71. The van der Waals surface area contributed by atoms with Crippen molar-refractivity contribution in [2.24, 2.45) is 5.92 Å². The number of rotatable bonds is 4. The highest BCUT2D eigenvalue weighted by molar-refractivity contribution is 7.89. The van der Waals surface area contributed by atoms with Crippen molar-refractivity contribution in [3.63, 3.8) is 0 Å². The van der Waals surface area contributed by atoms with E-state index in [1.54, 1.807) is 25.2 Å². The molecule has 1 heterocycles. The summed E-state index contributed by atoms with van der Waals surface area (Å²) < 4.78 is 26.4. The van der Waals surface area contributed by atoms with E-state index in [-0.39, 0.29) is 10.8 Å².